The summed E-state index contributed by atoms with van der Waals surface area (Å²) in [5.74, 6) is 0.924. The molecule has 1 fully saturated rings. The van der Waals surface area contributed by atoms with Crippen molar-refractivity contribution in [3.8, 4) is 11.1 Å². The van der Waals surface area contributed by atoms with E-state index in [1.54, 1.807) is 0 Å². The molecule has 2 aromatic carbocycles. The van der Waals surface area contributed by atoms with Crippen molar-refractivity contribution in [3.05, 3.63) is 60.2 Å². The van der Waals surface area contributed by atoms with Crippen LogP contribution in [0.2, 0.25) is 0 Å². The van der Waals surface area contributed by atoms with E-state index in [2.05, 4.69) is 24.3 Å². The van der Waals surface area contributed by atoms with Gasteiger partial charge in [-0.05, 0) is 17.0 Å². The number of hydrogen-bond acceptors (Lipinski definition) is 1. The lowest BCUT2D eigenvalue weighted by Gasteiger charge is -2.08. The SMILES string of the molecule is O=C(CC1CCCC1)c1ccc(-c2ccccc2)cc1. The lowest BCUT2D eigenvalue weighted by atomic mass is 9.95. The summed E-state index contributed by atoms with van der Waals surface area (Å²) in [6, 6.07) is 18.3. The van der Waals surface area contributed by atoms with Crippen molar-refractivity contribution in [3.63, 3.8) is 0 Å². The molecule has 0 atom stereocenters. The summed E-state index contributed by atoms with van der Waals surface area (Å²) in [4.78, 5) is 12.2. The van der Waals surface area contributed by atoms with Crippen molar-refractivity contribution in [1.82, 2.24) is 0 Å². The summed E-state index contributed by atoms with van der Waals surface area (Å²) in [6.07, 6.45) is 5.78. The average molecular weight is 264 g/mol. The molecule has 102 valence electrons. The largest absolute Gasteiger partial charge is 0.294 e. The fraction of sp³-hybridized carbons (Fsp3) is 0.316. The number of carbonyl (C=O) groups is 1. The number of ketones is 1. The second kappa shape index (κ2) is 6.04. The number of Topliss-reactive ketones (excluding diaryl/α,β-unsaturated/α-hetero) is 1. The van der Waals surface area contributed by atoms with Crippen LogP contribution in [0.15, 0.2) is 54.6 Å². The topological polar surface area (TPSA) is 17.1 Å². The molecule has 0 aliphatic heterocycles. The molecule has 1 heteroatoms. The molecule has 3 rings (SSSR count). The van der Waals surface area contributed by atoms with Gasteiger partial charge in [0.2, 0.25) is 0 Å². The lowest BCUT2D eigenvalue weighted by molar-refractivity contribution is 0.0962. The van der Waals surface area contributed by atoms with E-state index in [9.17, 15) is 4.79 Å². The molecule has 20 heavy (non-hydrogen) atoms. The summed E-state index contributed by atoms with van der Waals surface area (Å²) in [7, 11) is 0. The van der Waals surface area contributed by atoms with Crippen LogP contribution >= 0.6 is 0 Å². The van der Waals surface area contributed by atoms with Crippen LogP contribution in [0.3, 0.4) is 0 Å². The fourth-order valence-corrected chi connectivity index (χ4v) is 3.07. The van der Waals surface area contributed by atoms with Crippen LogP contribution in [-0.2, 0) is 0 Å². The molecule has 1 aliphatic carbocycles. The third-order valence-corrected chi connectivity index (χ3v) is 4.26. The standard InChI is InChI=1S/C19H20O/c20-19(14-15-6-4-5-7-15)18-12-10-17(11-13-18)16-8-2-1-3-9-16/h1-3,8-13,15H,4-7,14H2. The molecule has 1 aliphatic rings. The highest BCUT2D eigenvalue weighted by Crippen LogP contribution is 2.29. The van der Waals surface area contributed by atoms with Gasteiger partial charge in [0.15, 0.2) is 5.78 Å². The van der Waals surface area contributed by atoms with Crippen LogP contribution in [0.1, 0.15) is 42.5 Å². The zero-order valence-electron chi connectivity index (χ0n) is 11.7. The molecule has 0 bridgehead atoms. The van der Waals surface area contributed by atoms with Crippen LogP contribution in [0.5, 0.6) is 0 Å². The maximum Gasteiger partial charge on any atom is 0.163 e. The first-order chi connectivity index (χ1) is 9.83. The van der Waals surface area contributed by atoms with E-state index >= 15 is 0 Å². The van der Waals surface area contributed by atoms with Crippen LogP contribution < -0.4 is 0 Å². The first-order valence-electron chi connectivity index (χ1n) is 7.51. The van der Waals surface area contributed by atoms with Gasteiger partial charge >= 0.3 is 0 Å². The second-order valence-electron chi connectivity index (χ2n) is 5.72. The second-order valence-corrected chi connectivity index (χ2v) is 5.72. The molecule has 0 N–H and O–H groups in total. The van der Waals surface area contributed by atoms with Gasteiger partial charge < -0.3 is 0 Å². The molecule has 0 unspecified atom stereocenters. The number of carbonyl (C=O) groups excluding carboxylic acids is 1. The summed E-state index contributed by atoms with van der Waals surface area (Å²) in [6.45, 7) is 0. The van der Waals surface area contributed by atoms with E-state index in [1.807, 2.05) is 30.3 Å². The lowest BCUT2D eigenvalue weighted by Crippen LogP contribution is -2.05. The third kappa shape index (κ3) is 2.98. The molecule has 0 aromatic heterocycles. The molecule has 0 radical (unpaired) electrons. The molecular formula is C19H20O. The number of rotatable bonds is 4. The Morgan fingerprint density at radius 3 is 2.10 bits per heavy atom. The Hall–Kier alpha value is -1.89. The summed E-state index contributed by atoms with van der Waals surface area (Å²) < 4.78 is 0. The summed E-state index contributed by atoms with van der Waals surface area (Å²) in [5, 5.41) is 0. The Labute approximate surface area is 120 Å². The Balaban J connectivity index is 1.71. The minimum Gasteiger partial charge on any atom is -0.294 e. The Morgan fingerprint density at radius 2 is 1.45 bits per heavy atom. The third-order valence-electron chi connectivity index (χ3n) is 4.26. The van der Waals surface area contributed by atoms with E-state index in [0.717, 1.165) is 12.0 Å². The van der Waals surface area contributed by atoms with Crippen molar-refractivity contribution in [2.75, 3.05) is 0 Å². The van der Waals surface area contributed by atoms with E-state index < -0.39 is 0 Å². The van der Waals surface area contributed by atoms with Crippen molar-refractivity contribution >= 4 is 5.78 Å². The van der Waals surface area contributed by atoms with Crippen molar-refractivity contribution in [2.45, 2.75) is 32.1 Å². The van der Waals surface area contributed by atoms with Gasteiger partial charge in [-0.3, -0.25) is 4.79 Å². The fourth-order valence-electron chi connectivity index (χ4n) is 3.07. The minimum absolute atomic E-state index is 0.302. The van der Waals surface area contributed by atoms with E-state index in [0.29, 0.717) is 11.7 Å². The first kappa shape index (κ1) is 13.1. The van der Waals surface area contributed by atoms with Gasteiger partial charge in [-0.1, -0.05) is 80.3 Å². The Morgan fingerprint density at radius 1 is 0.850 bits per heavy atom. The monoisotopic (exact) mass is 264 g/mol. The molecular weight excluding hydrogens is 244 g/mol. The maximum atomic E-state index is 12.2. The molecule has 0 amide bonds. The maximum absolute atomic E-state index is 12.2. The average Bonchev–Trinajstić information content (AvgIpc) is 3.01. The summed E-state index contributed by atoms with van der Waals surface area (Å²) in [5.41, 5.74) is 3.22. The molecule has 0 heterocycles. The van der Waals surface area contributed by atoms with Crippen LogP contribution in [0.4, 0.5) is 0 Å². The van der Waals surface area contributed by atoms with Gasteiger partial charge in [0.25, 0.3) is 0 Å². The molecule has 0 spiro atoms. The molecule has 2 aromatic rings. The molecule has 1 saturated carbocycles. The zero-order chi connectivity index (χ0) is 13.8. The number of hydrogen-bond donors (Lipinski definition) is 0. The minimum atomic E-state index is 0.302. The molecule has 0 saturated heterocycles. The van der Waals surface area contributed by atoms with Crippen LogP contribution in [0.25, 0.3) is 11.1 Å². The van der Waals surface area contributed by atoms with Crippen LogP contribution in [-0.4, -0.2) is 5.78 Å². The van der Waals surface area contributed by atoms with Gasteiger partial charge in [0, 0.05) is 12.0 Å². The van der Waals surface area contributed by atoms with Gasteiger partial charge in [-0.25, -0.2) is 0 Å². The van der Waals surface area contributed by atoms with Gasteiger partial charge in [-0.15, -0.1) is 0 Å². The highest BCUT2D eigenvalue weighted by molar-refractivity contribution is 5.96. The van der Waals surface area contributed by atoms with E-state index in [-0.39, 0.29) is 0 Å². The van der Waals surface area contributed by atoms with Gasteiger partial charge in [0.05, 0.1) is 0 Å². The normalized spacial score (nSPS) is 15.4. The van der Waals surface area contributed by atoms with E-state index in [4.69, 9.17) is 0 Å². The highest BCUT2D eigenvalue weighted by atomic mass is 16.1. The first-order valence-corrected chi connectivity index (χ1v) is 7.51. The Bertz CT molecular complexity index is 562. The van der Waals surface area contributed by atoms with Crippen molar-refractivity contribution < 1.29 is 4.79 Å². The van der Waals surface area contributed by atoms with E-state index in [1.165, 1.54) is 36.8 Å². The predicted octanol–water partition coefficient (Wildman–Crippen LogP) is 5.12. The van der Waals surface area contributed by atoms with Crippen molar-refractivity contribution in [1.29, 1.82) is 0 Å². The highest BCUT2D eigenvalue weighted by Gasteiger charge is 2.19. The Kier molecular flexibility index (Phi) is 3.96. The quantitative estimate of drug-likeness (QED) is 0.701. The smallest absolute Gasteiger partial charge is 0.163 e. The van der Waals surface area contributed by atoms with Gasteiger partial charge in [-0.2, -0.15) is 0 Å². The predicted molar refractivity (Wildman–Crippen MR) is 82.8 cm³/mol. The van der Waals surface area contributed by atoms with Crippen molar-refractivity contribution in [2.24, 2.45) is 5.92 Å². The number of benzene rings is 2. The van der Waals surface area contributed by atoms with Crippen LogP contribution in [0, 0.1) is 5.92 Å². The molecule has 1 nitrogen and oxygen atoms in total. The zero-order valence-corrected chi connectivity index (χ0v) is 11.7. The summed E-state index contributed by atoms with van der Waals surface area (Å²) >= 11 is 0. The van der Waals surface area contributed by atoms with Gasteiger partial charge in [0.1, 0.15) is 0 Å².